The van der Waals surface area contributed by atoms with Crippen molar-refractivity contribution in [1.82, 2.24) is 19.6 Å². The van der Waals surface area contributed by atoms with Crippen LogP contribution in [0, 0.1) is 24.2 Å². The predicted molar refractivity (Wildman–Crippen MR) is 268 cm³/mol. The quantitative estimate of drug-likeness (QED) is 0.0780. The number of benzene rings is 4. The molecule has 1 fully saturated rings. The fourth-order valence-electron chi connectivity index (χ4n) is 7.80. The Morgan fingerprint density at radius 3 is 2.10 bits per heavy atom. The van der Waals surface area contributed by atoms with Crippen molar-refractivity contribution in [1.29, 1.82) is 0 Å². The average molecular weight is 1110 g/mol. The van der Waals surface area contributed by atoms with E-state index in [2.05, 4.69) is 35.6 Å². The van der Waals surface area contributed by atoms with Crippen molar-refractivity contribution >= 4 is 74.2 Å². The van der Waals surface area contributed by atoms with Crippen molar-refractivity contribution in [3.05, 3.63) is 164 Å². The standard InChI is InChI=1S/C21H26O3.C18H15Cl3N2S.C12H18N2O3S.Cd/c1-21(2,3)14-10-8-13(9-11-14)12-17-18(22)15-6-4-5-7-16(15)19(23)20(17)24;19-14-3-1-13(2-4-14)11-24-18(10-23-8-7-22-12-23)16-6-5-15(20)9-17(16)21;1-3-4-9-13-12(15)14-18(16,17)11-7-5-10(2)6-8-11;/h4-7,13-14,24H,8-12H2,1-3H3;1-9,12,18H,10-11H2;5-8H,3-4,9H2,1-2H3,(H2,13,14,15);. The second-order valence-electron chi connectivity index (χ2n) is 17.7. The van der Waals surface area contributed by atoms with Gasteiger partial charge in [0.05, 0.1) is 11.2 Å². The number of allylic oxidation sites excluding steroid dienone is 2. The number of urea groups is 1. The second kappa shape index (κ2) is 26.3. The number of unbranched alkanes of at least 4 members (excludes halogenated alkanes) is 1. The van der Waals surface area contributed by atoms with Gasteiger partial charge in [0.15, 0.2) is 11.5 Å². The number of carbonyl (C=O) groups is 3. The number of hydrogen-bond donors (Lipinski definition) is 3. The van der Waals surface area contributed by atoms with Crippen molar-refractivity contribution in [2.45, 2.75) is 102 Å². The molecule has 0 saturated heterocycles. The summed E-state index contributed by atoms with van der Waals surface area (Å²) < 4.78 is 27.7. The third-order valence-corrected chi connectivity index (χ3v) is 15.2. The van der Waals surface area contributed by atoms with Crippen LogP contribution in [-0.4, -0.2) is 47.2 Å². The summed E-state index contributed by atoms with van der Waals surface area (Å²) in [5.74, 6) is 1.03. The molecule has 0 aliphatic heterocycles. The summed E-state index contributed by atoms with van der Waals surface area (Å²) in [6.45, 7) is 12.0. The predicted octanol–water partition coefficient (Wildman–Crippen LogP) is 13.4. The van der Waals surface area contributed by atoms with Gasteiger partial charge in [0.25, 0.3) is 10.0 Å². The molecule has 4 aromatic carbocycles. The van der Waals surface area contributed by atoms with Crippen LogP contribution in [0.1, 0.15) is 115 Å². The van der Waals surface area contributed by atoms with Crippen LogP contribution < -0.4 is 10.0 Å². The summed E-state index contributed by atoms with van der Waals surface area (Å²) in [6.07, 6.45) is 12.2. The first-order chi connectivity index (χ1) is 31.4. The number of aliphatic hydroxyl groups excluding tert-OH is 1. The van der Waals surface area contributed by atoms with Gasteiger partial charge in [-0.05, 0) is 110 Å². The molecule has 0 bridgehead atoms. The van der Waals surface area contributed by atoms with Gasteiger partial charge in [-0.25, -0.2) is 22.9 Å². The molecule has 16 heteroatoms. The number of aliphatic hydroxyl groups is 1. The molecule has 354 valence electrons. The minimum atomic E-state index is -3.78. The number of fused-ring (bicyclic) bond motifs is 1. The van der Waals surface area contributed by atoms with Gasteiger partial charge in [-0.3, -0.25) is 9.59 Å². The van der Waals surface area contributed by atoms with E-state index >= 15 is 0 Å². The molecule has 7 rings (SSSR count). The Balaban J connectivity index is 0.000000221. The molecule has 2 aliphatic rings. The summed E-state index contributed by atoms with van der Waals surface area (Å²) in [6, 6.07) is 26.0. The van der Waals surface area contributed by atoms with Gasteiger partial charge in [-0.1, -0.05) is 129 Å². The van der Waals surface area contributed by atoms with Crippen molar-refractivity contribution < 1.29 is 55.2 Å². The van der Waals surface area contributed by atoms with Gasteiger partial charge < -0.3 is 15.0 Å². The summed E-state index contributed by atoms with van der Waals surface area (Å²) in [7, 11) is -3.78. The number of nitrogens with one attached hydrogen (secondary N) is 2. The first-order valence-corrected chi connectivity index (χ1v) is 25.8. The van der Waals surface area contributed by atoms with Gasteiger partial charge in [0, 0.05) is 95.6 Å². The summed E-state index contributed by atoms with van der Waals surface area (Å²) in [4.78, 5) is 40.6. The van der Waals surface area contributed by atoms with Crippen LogP contribution in [0.4, 0.5) is 4.79 Å². The van der Waals surface area contributed by atoms with Crippen molar-refractivity contribution in [3.8, 4) is 0 Å². The van der Waals surface area contributed by atoms with E-state index in [0.29, 0.717) is 57.0 Å². The van der Waals surface area contributed by atoms with Crippen LogP contribution in [0.2, 0.25) is 15.1 Å². The number of carbonyl (C=O) groups excluding carboxylic acids is 3. The maximum atomic E-state index is 12.7. The van der Waals surface area contributed by atoms with E-state index in [1.165, 1.54) is 17.7 Å². The summed E-state index contributed by atoms with van der Waals surface area (Å²) in [5.41, 5.74) is 4.65. The Bertz CT molecular complexity index is 2560. The Morgan fingerprint density at radius 1 is 0.896 bits per heavy atom. The third kappa shape index (κ3) is 16.8. The number of amides is 2. The van der Waals surface area contributed by atoms with E-state index in [-0.39, 0.29) is 49.0 Å². The number of hydrogen-bond acceptors (Lipinski definition) is 8. The fraction of sp³-hybridized carbons (Fsp3) is 0.373. The molecule has 2 amide bonds. The topological polar surface area (TPSA) is 147 Å². The molecule has 10 nitrogen and oxygen atoms in total. The van der Waals surface area contributed by atoms with Gasteiger partial charge in [-0.2, -0.15) is 0 Å². The Kier molecular flexibility index (Phi) is 22.0. The first-order valence-electron chi connectivity index (χ1n) is 22.1. The van der Waals surface area contributed by atoms with Gasteiger partial charge >= 0.3 is 6.03 Å². The SMILES string of the molecule is CC(C)(C)C1CCC(CC2=C(O)C(=O)c3ccccc3C2=O)CC1.CCCCNC(=O)NS(=O)(=O)c1ccc(C)cc1.Clc1ccc(CSC(Cn2ccnc2)c2ccc(Cl)cc2Cl)cc1.[Cd]. The molecule has 1 heterocycles. The number of imidazole rings is 1. The number of rotatable bonds is 13. The second-order valence-corrected chi connectivity index (χ2v) is 21.9. The van der Waals surface area contributed by atoms with E-state index in [0.717, 1.165) is 67.0 Å². The zero-order valence-electron chi connectivity index (χ0n) is 38.7. The van der Waals surface area contributed by atoms with E-state index in [1.54, 1.807) is 48.7 Å². The maximum Gasteiger partial charge on any atom is 0.328 e. The van der Waals surface area contributed by atoms with Crippen LogP contribution in [0.3, 0.4) is 0 Å². The normalized spacial score (nSPS) is 16.3. The molecule has 1 unspecified atom stereocenters. The van der Waals surface area contributed by atoms with E-state index < -0.39 is 21.8 Å². The van der Waals surface area contributed by atoms with Crippen molar-refractivity contribution in [2.24, 2.45) is 17.3 Å². The molecule has 0 spiro atoms. The van der Waals surface area contributed by atoms with Crippen LogP contribution in [0.15, 0.2) is 126 Å². The molecule has 2 aliphatic carbocycles. The minimum Gasteiger partial charge on any atom is -0.504 e. The first kappa shape index (κ1) is 55.9. The number of nitrogens with zero attached hydrogens (tertiary/aromatic N) is 2. The van der Waals surface area contributed by atoms with E-state index in [1.807, 2.05) is 79.3 Å². The molecule has 3 N–H and O–H groups in total. The Morgan fingerprint density at radius 2 is 1.52 bits per heavy atom. The molecule has 1 saturated carbocycles. The maximum absolute atomic E-state index is 12.7. The van der Waals surface area contributed by atoms with Gasteiger partial charge in [-0.15, -0.1) is 11.8 Å². The van der Waals surface area contributed by atoms with Crippen LogP contribution in [0.5, 0.6) is 0 Å². The van der Waals surface area contributed by atoms with Crippen LogP contribution >= 0.6 is 46.6 Å². The monoisotopic (exact) mass is 1110 g/mol. The number of thioether (sulfide) groups is 1. The Labute approximate surface area is 435 Å². The van der Waals surface area contributed by atoms with Gasteiger partial charge in [0.2, 0.25) is 5.78 Å². The van der Waals surface area contributed by atoms with E-state index in [9.17, 15) is 27.9 Å². The Hall–Kier alpha value is -3.67. The molecule has 1 atom stereocenters. The van der Waals surface area contributed by atoms with Crippen molar-refractivity contribution in [2.75, 3.05) is 6.54 Å². The molecular formula is C51H59CdCl3N4O6S2. The zero-order chi connectivity index (χ0) is 48.0. The molecule has 67 heavy (non-hydrogen) atoms. The van der Waals surface area contributed by atoms with Crippen molar-refractivity contribution in [3.63, 3.8) is 0 Å². The third-order valence-electron chi connectivity index (χ3n) is 11.7. The number of aryl methyl sites for hydroxylation is 1. The van der Waals surface area contributed by atoms with Gasteiger partial charge in [0.1, 0.15) is 0 Å². The molecule has 1 aromatic heterocycles. The molecule has 5 aromatic rings. The minimum absolute atomic E-state index is 0. The summed E-state index contributed by atoms with van der Waals surface area (Å²) >= 11 is 20.2. The number of sulfonamides is 1. The molecule has 0 radical (unpaired) electrons. The number of Topliss-reactive ketones (excluding diaryl/α,β-unsaturated/α-hetero) is 2. The summed E-state index contributed by atoms with van der Waals surface area (Å²) in [5, 5.41) is 15.0. The number of halogens is 3. The largest absolute Gasteiger partial charge is 0.504 e. The van der Waals surface area contributed by atoms with Crippen LogP contribution in [-0.2, 0) is 49.6 Å². The average Bonchev–Trinajstić information content (AvgIpc) is 3.80. The van der Waals surface area contributed by atoms with Crippen LogP contribution in [0.25, 0.3) is 0 Å². The number of ketones is 2. The number of aromatic nitrogens is 2. The molecular weight excluding hydrogens is 1050 g/mol. The smallest absolute Gasteiger partial charge is 0.328 e. The fourth-order valence-corrected chi connectivity index (χ4v) is 10.7. The zero-order valence-corrected chi connectivity index (χ0v) is 46.7. The van der Waals surface area contributed by atoms with E-state index in [4.69, 9.17) is 34.8 Å².